The van der Waals surface area contributed by atoms with Gasteiger partial charge in [0.2, 0.25) is 0 Å². The van der Waals surface area contributed by atoms with Crippen molar-refractivity contribution in [1.82, 2.24) is 5.32 Å². The number of carbonyl (C=O) groups is 2. The molecule has 0 aliphatic heterocycles. The Hall–Kier alpha value is -2.66. The molecule has 5 heteroatoms. The highest BCUT2D eigenvalue weighted by molar-refractivity contribution is 5.95. The summed E-state index contributed by atoms with van der Waals surface area (Å²) >= 11 is 0. The molecule has 0 aliphatic rings. The SMILES string of the molecule is CC[NH+](CC(=O)Nc1ccc(C(=O)NC)cc1)Cc1ccccc1. The van der Waals surface area contributed by atoms with Crippen LogP contribution in [0.25, 0.3) is 0 Å². The third-order valence-electron chi connectivity index (χ3n) is 3.87. The summed E-state index contributed by atoms with van der Waals surface area (Å²) in [5.74, 6) is -0.173. The zero-order valence-corrected chi connectivity index (χ0v) is 14.1. The second kappa shape index (κ2) is 8.84. The van der Waals surface area contributed by atoms with Gasteiger partial charge >= 0.3 is 0 Å². The van der Waals surface area contributed by atoms with Crippen LogP contribution in [0.4, 0.5) is 5.69 Å². The molecule has 0 aliphatic carbocycles. The van der Waals surface area contributed by atoms with Gasteiger partial charge < -0.3 is 15.5 Å². The predicted molar refractivity (Wildman–Crippen MR) is 95.0 cm³/mol. The van der Waals surface area contributed by atoms with Crippen molar-refractivity contribution in [2.24, 2.45) is 0 Å². The van der Waals surface area contributed by atoms with Crippen LogP contribution in [-0.4, -0.2) is 32.0 Å². The highest BCUT2D eigenvalue weighted by Gasteiger charge is 2.13. The summed E-state index contributed by atoms with van der Waals surface area (Å²) in [4.78, 5) is 24.9. The minimum atomic E-state index is -0.141. The van der Waals surface area contributed by atoms with Gasteiger partial charge in [0, 0.05) is 23.9 Å². The van der Waals surface area contributed by atoms with E-state index in [0.29, 0.717) is 17.8 Å². The largest absolute Gasteiger partial charge is 0.355 e. The van der Waals surface area contributed by atoms with Gasteiger partial charge in [-0.2, -0.15) is 0 Å². The lowest BCUT2D eigenvalue weighted by atomic mass is 10.2. The van der Waals surface area contributed by atoms with Crippen molar-refractivity contribution in [2.45, 2.75) is 13.5 Å². The molecule has 2 aromatic carbocycles. The molecule has 0 fully saturated rings. The van der Waals surface area contributed by atoms with Crippen LogP contribution in [0.2, 0.25) is 0 Å². The highest BCUT2D eigenvalue weighted by Crippen LogP contribution is 2.09. The fraction of sp³-hybridized carbons (Fsp3) is 0.263. The highest BCUT2D eigenvalue weighted by atomic mass is 16.2. The second-order valence-electron chi connectivity index (χ2n) is 5.65. The summed E-state index contributed by atoms with van der Waals surface area (Å²) in [5, 5.41) is 5.45. The Balaban J connectivity index is 1.90. The van der Waals surface area contributed by atoms with Crippen LogP contribution >= 0.6 is 0 Å². The zero-order valence-electron chi connectivity index (χ0n) is 14.1. The normalized spacial score (nSPS) is 11.6. The van der Waals surface area contributed by atoms with Gasteiger partial charge in [0.05, 0.1) is 6.54 Å². The zero-order chi connectivity index (χ0) is 17.4. The van der Waals surface area contributed by atoms with Crippen LogP contribution in [-0.2, 0) is 11.3 Å². The molecule has 1 atom stereocenters. The summed E-state index contributed by atoms with van der Waals surface area (Å²) in [6, 6.07) is 17.0. The van der Waals surface area contributed by atoms with Gasteiger partial charge in [0.1, 0.15) is 6.54 Å². The van der Waals surface area contributed by atoms with Gasteiger partial charge in [0.25, 0.3) is 11.8 Å². The van der Waals surface area contributed by atoms with Crippen molar-refractivity contribution >= 4 is 17.5 Å². The average molecular weight is 326 g/mol. The molecule has 0 saturated heterocycles. The molecule has 0 heterocycles. The Morgan fingerprint density at radius 3 is 2.25 bits per heavy atom. The molecule has 2 amide bonds. The van der Waals surface area contributed by atoms with Gasteiger partial charge in [-0.15, -0.1) is 0 Å². The van der Waals surface area contributed by atoms with E-state index in [1.54, 1.807) is 31.3 Å². The smallest absolute Gasteiger partial charge is 0.279 e. The third kappa shape index (κ3) is 5.21. The van der Waals surface area contributed by atoms with E-state index in [1.165, 1.54) is 10.5 Å². The first-order chi connectivity index (χ1) is 11.6. The number of quaternary nitrogens is 1. The van der Waals surface area contributed by atoms with Crippen LogP contribution in [0.1, 0.15) is 22.8 Å². The van der Waals surface area contributed by atoms with Crippen LogP contribution in [0.15, 0.2) is 54.6 Å². The van der Waals surface area contributed by atoms with Crippen LogP contribution in [0.3, 0.4) is 0 Å². The fourth-order valence-electron chi connectivity index (χ4n) is 2.48. The lowest BCUT2D eigenvalue weighted by molar-refractivity contribution is -0.903. The maximum atomic E-state index is 12.2. The number of hydrogen-bond acceptors (Lipinski definition) is 2. The molecule has 0 bridgehead atoms. The van der Waals surface area contributed by atoms with Crippen molar-refractivity contribution in [2.75, 3.05) is 25.5 Å². The molecule has 2 rings (SSSR count). The second-order valence-corrected chi connectivity index (χ2v) is 5.65. The maximum absolute atomic E-state index is 12.2. The number of anilines is 1. The monoisotopic (exact) mass is 326 g/mol. The fourth-order valence-corrected chi connectivity index (χ4v) is 2.48. The van der Waals surface area contributed by atoms with E-state index in [-0.39, 0.29) is 11.8 Å². The molecule has 1 unspecified atom stereocenters. The van der Waals surface area contributed by atoms with Crippen molar-refractivity contribution < 1.29 is 14.5 Å². The number of likely N-dealkylation sites (N-methyl/N-ethyl adjacent to an activating group) is 1. The van der Waals surface area contributed by atoms with E-state index >= 15 is 0 Å². The van der Waals surface area contributed by atoms with Gasteiger partial charge in [-0.1, -0.05) is 30.3 Å². The van der Waals surface area contributed by atoms with Crippen LogP contribution in [0.5, 0.6) is 0 Å². The Kier molecular flexibility index (Phi) is 6.51. The number of carbonyl (C=O) groups excluding carboxylic acids is 2. The molecule has 126 valence electrons. The minimum absolute atomic E-state index is 0.0320. The quantitative estimate of drug-likeness (QED) is 0.713. The van der Waals surface area contributed by atoms with E-state index in [1.807, 2.05) is 18.2 Å². The Morgan fingerprint density at radius 2 is 1.67 bits per heavy atom. The number of nitrogens with one attached hydrogen (secondary N) is 3. The molecular formula is C19H24N3O2+. The number of benzene rings is 2. The standard InChI is InChI=1S/C19H23N3O2/c1-3-22(13-15-7-5-4-6-8-15)14-18(23)21-17-11-9-16(10-12-17)19(24)20-2/h4-12H,3,13-14H2,1-2H3,(H,20,24)(H,21,23)/p+1. The van der Waals surface area contributed by atoms with E-state index in [2.05, 4.69) is 29.7 Å². The van der Waals surface area contributed by atoms with E-state index < -0.39 is 0 Å². The molecule has 2 aromatic rings. The molecule has 24 heavy (non-hydrogen) atoms. The van der Waals surface area contributed by atoms with Gasteiger partial charge in [-0.25, -0.2) is 0 Å². The van der Waals surface area contributed by atoms with E-state index in [0.717, 1.165) is 13.1 Å². The van der Waals surface area contributed by atoms with Crippen molar-refractivity contribution in [3.05, 3.63) is 65.7 Å². The first kappa shape index (κ1) is 17.7. The summed E-state index contributed by atoms with van der Waals surface area (Å²) in [6.45, 7) is 4.17. The molecule has 3 N–H and O–H groups in total. The van der Waals surface area contributed by atoms with Crippen molar-refractivity contribution in [1.29, 1.82) is 0 Å². The molecule has 0 spiro atoms. The summed E-state index contributed by atoms with van der Waals surface area (Å²) in [7, 11) is 1.59. The van der Waals surface area contributed by atoms with E-state index in [4.69, 9.17) is 0 Å². The van der Waals surface area contributed by atoms with E-state index in [9.17, 15) is 9.59 Å². The summed E-state index contributed by atoms with van der Waals surface area (Å²) in [5.41, 5.74) is 2.49. The number of amides is 2. The summed E-state index contributed by atoms with van der Waals surface area (Å²) in [6.07, 6.45) is 0. The Labute approximate surface area is 142 Å². The van der Waals surface area contributed by atoms with Gasteiger partial charge in [-0.05, 0) is 31.2 Å². The Bertz CT molecular complexity index is 669. The van der Waals surface area contributed by atoms with Crippen molar-refractivity contribution in [3.63, 3.8) is 0 Å². The predicted octanol–water partition coefficient (Wildman–Crippen LogP) is 1.09. The third-order valence-corrected chi connectivity index (χ3v) is 3.87. The number of hydrogen-bond donors (Lipinski definition) is 3. The minimum Gasteiger partial charge on any atom is -0.355 e. The number of rotatable bonds is 7. The average Bonchev–Trinajstić information content (AvgIpc) is 2.62. The summed E-state index contributed by atoms with van der Waals surface area (Å²) < 4.78 is 0. The van der Waals surface area contributed by atoms with Gasteiger partial charge in [-0.3, -0.25) is 9.59 Å². The topological polar surface area (TPSA) is 62.6 Å². The first-order valence-corrected chi connectivity index (χ1v) is 8.12. The molecule has 0 aromatic heterocycles. The molecular weight excluding hydrogens is 302 g/mol. The van der Waals surface area contributed by atoms with Gasteiger partial charge in [0.15, 0.2) is 6.54 Å². The Morgan fingerprint density at radius 1 is 1.00 bits per heavy atom. The lowest BCUT2D eigenvalue weighted by Crippen LogP contribution is -3.11. The van der Waals surface area contributed by atoms with Crippen LogP contribution in [0, 0.1) is 0 Å². The molecule has 0 saturated carbocycles. The molecule has 0 radical (unpaired) electrons. The maximum Gasteiger partial charge on any atom is 0.279 e. The first-order valence-electron chi connectivity index (χ1n) is 8.12. The lowest BCUT2D eigenvalue weighted by Gasteiger charge is -2.17. The van der Waals surface area contributed by atoms with Crippen molar-refractivity contribution in [3.8, 4) is 0 Å². The molecule has 5 nitrogen and oxygen atoms in total. The van der Waals surface area contributed by atoms with Crippen LogP contribution < -0.4 is 15.5 Å².